The quantitative estimate of drug-likeness (QED) is 0.463. The number of fused-ring (bicyclic) bond motifs is 1. The van der Waals surface area contributed by atoms with Gasteiger partial charge in [0, 0.05) is 31.1 Å². The van der Waals surface area contributed by atoms with Gasteiger partial charge in [0.2, 0.25) is 0 Å². The van der Waals surface area contributed by atoms with E-state index in [1.54, 1.807) is 6.07 Å². The van der Waals surface area contributed by atoms with E-state index < -0.39 is 11.8 Å². The third-order valence-electron chi connectivity index (χ3n) is 6.13. The second-order valence-electron chi connectivity index (χ2n) is 8.65. The lowest BCUT2D eigenvalue weighted by Gasteiger charge is -2.33. The van der Waals surface area contributed by atoms with Crippen LogP contribution in [0.1, 0.15) is 41.3 Å². The molecule has 0 spiro atoms. The summed E-state index contributed by atoms with van der Waals surface area (Å²) in [6, 6.07) is 16.1. The Morgan fingerprint density at radius 3 is 2.70 bits per heavy atom. The number of carboxylic acid groups (broad SMARTS) is 1. The summed E-state index contributed by atoms with van der Waals surface area (Å²) in [7, 11) is 0. The molecule has 1 aliphatic heterocycles. The average Bonchev–Trinajstić information content (AvgIpc) is 2.79. The molecule has 0 saturated heterocycles. The molecule has 0 fully saturated rings. The van der Waals surface area contributed by atoms with E-state index in [9.17, 15) is 13.6 Å². The van der Waals surface area contributed by atoms with E-state index in [1.165, 1.54) is 24.4 Å². The van der Waals surface area contributed by atoms with Crippen molar-refractivity contribution in [2.75, 3.05) is 18.4 Å². The zero-order valence-corrected chi connectivity index (χ0v) is 18.4. The van der Waals surface area contributed by atoms with Crippen LogP contribution in [0.4, 0.5) is 14.5 Å². The Balaban J connectivity index is 1.52. The van der Waals surface area contributed by atoms with Gasteiger partial charge in [0.05, 0.1) is 24.0 Å². The van der Waals surface area contributed by atoms with Gasteiger partial charge in [-0.3, -0.25) is 9.78 Å². The molecule has 2 aromatic carbocycles. The molecule has 1 aromatic heterocycles. The number of carbonyl (C=O) groups is 1. The molecule has 172 valence electrons. The van der Waals surface area contributed by atoms with E-state index in [4.69, 9.17) is 5.11 Å². The van der Waals surface area contributed by atoms with Crippen molar-refractivity contribution in [3.05, 3.63) is 94.8 Å². The number of rotatable bonds is 8. The molecule has 3 N–H and O–H groups in total. The number of nitrogens with zero attached hydrogens (tertiary/aromatic N) is 1. The van der Waals surface area contributed by atoms with Gasteiger partial charge >= 0.3 is 5.97 Å². The zero-order valence-electron chi connectivity index (χ0n) is 18.4. The molecule has 4 rings (SSSR count). The molecule has 33 heavy (non-hydrogen) atoms. The van der Waals surface area contributed by atoms with Crippen molar-refractivity contribution in [3.63, 3.8) is 0 Å². The van der Waals surface area contributed by atoms with E-state index in [1.807, 2.05) is 25.1 Å². The van der Waals surface area contributed by atoms with Crippen molar-refractivity contribution in [3.8, 4) is 0 Å². The van der Waals surface area contributed by atoms with Crippen LogP contribution in [0, 0.1) is 17.6 Å². The van der Waals surface area contributed by atoms with Crippen molar-refractivity contribution in [1.29, 1.82) is 0 Å². The smallest absolute Gasteiger partial charge is 0.307 e. The molecule has 3 aromatic rings. The fourth-order valence-electron chi connectivity index (χ4n) is 4.46. The van der Waals surface area contributed by atoms with Crippen LogP contribution in [-0.2, 0) is 17.6 Å². The van der Waals surface area contributed by atoms with E-state index in [2.05, 4.69) is 27.8 Å². The first kappa shape index (κ1) is 22.9. The second-order valence-corrected chi connectivity index (χ2v) is 8.65. The van der Waals surface area contributed by atoms with Gasteiger partial charge in [-0.15, -0.1) is 0 Å². The Morgan fingerprint density at radius 2 is 1.94 bits per heavy atom. The number of hydrogen-bond donors (Lipinski definition) is 3. The van der Waals surface area contributed by atoms with Gasteiger partial charge in [-0.2, -0.15) is 0 Å². The lowest BCUT2D eigenvalue weighted by atomic mass is 9.86. The molecule has 0 radical (unpaired) electrons. The van der Waals surface area contributed by atoms with Gasteiger partial charge in [0.25, 0.3) is 0 Å². The van der Waals surface area contributed by atoms with Crippen molar-refractivity contribution < 1.29 is 18.7 Å². The van der Waals surface area contributed by atoms with E-state index in [-0.39, 0.29) is 30.1 Å². The predicted molar refractivity (Wildman–Crippen MR) is 123 cm³/mol. The molecule has 0 saturated carbocycles. The summed E-state index contributed by atoms with van der Waals surface area (Å²) in [5.74, 6) is -1.62. The number of benzene rings is 2. The Hall–Kier alpha value is -3.32. The summed E-state index contributed by atoms with van der Waals surface area (Å²) in [4.78, 5) is 15.3. The molecule has 3 atom stereocenters. The summed E-state index contributed by atoms with van der Waals surface area (Å²) in [6.07, 6.45) is 1.74. The summed E-state index contributed by atoms with van der Waals surface area (Å²) >= 11 is 0. The van der Waals surface area contributed by atoms with E-state index in [0.29, 0.717) is 25.1 Å². The molecule has 0 amide bonds. The number of hydrogen-bond acceptors (Lipinski definition) is 4. The Kier molecular flexibility index (Phi) is 6.99. The minimum absolute atomic E-state index is 0.00759. The second kappa shape index (κ2) is 10.1. The van der Waals surface area contributed by atoms with Gasteiger partial charge in [-0.1, -0.05) is 43.3 Å². The van der Waals surface area contributed by atoms with Gasteiger partial charge < -0.3 is 15.7 Å². The fraction of sp³-hybridized carbons (Fsp3) is 0.308. The maximum atomic E-state index is 14.1. The van der Waals surface area contributed by atoms with Crippen LogP contribution in [0.15, 0.2) is 60.8 Å². The largest absolute Gasteiger partial charge is 0.481 e. The van der Waals surface area contributed by atoms with E-state index in [0.717, 1.165) is 22.5 Å². The summed E-state index contributed by atoms with van der Waals surface area (Å²) in [5.41, 5.74) is 3.92. The molecule has 0 bridgehead atoms. The van der Waals surface area contributed by atoms with Gasteiger partial charge in [0.1, 0.15) is 11.6 Å². The Bertz CT molecular complexity index is 1120. The van der Waals surface area contributed by atoms with Crippen LogP contribution in [0.25, 0.3) is 0 Å². The third kappa shape index (κ3) is 5.73. The first-order valence-electron chi connectivity index (χ1n) is 11.1. The van der Waals surface area contributed by atoms with E-state index >= 15 is 0 Å². The number of aliphatic carboxylic acids is 1. The van der Waals surface area contributed by atoms with Gasteiger partial charge in [0.15, 0.2) is 0 Å². The Labute approximate surface area is 191 Å². The zero-order chi connectivity index (χ0) is 23.4. The monoisotopic (exact) mass is 451 g/mol. The summed E-state index contributed by atoms with van der Waals surface area (Å²) < 4.78 is 27.6. The highest BCUT2D eigenvalue weighted by atomic mass is 19.1. The molecule has 0 aliphatic carbocycles. The predicted octanol–water partition coefficient (Wildman–Crippen LogP) is 4.71. The summed E-state index contributed by atoms with van der Waals surface area (Å²) in [6.45, 7) is 3.24. The first-order valence-corrected chi connectivity index (χ1v) is 11.1. The van der Waals surface area contributed by atoms with Crippen LogP contribution in [0.2, 0.25) is 0 Å². The number of halogens is 2. The average molecular weight is 452 g/mol. The molecule has 0 unspecified atom stereocenters. The number of anilines is 1. The maximum absolute atomic E-state index is 14.1. The van der Waals surface area contributed by atoms with Crippen LogP contribution < -0.4 is 10.6 Å². The van der Waals surface area contributed by atoms with Crippen molar-refractivity contribution in [2.24, 2.45) is 5.92 Å². The molecule has 2 heterocycles. The summed E-state index contributed by atoms with van der Waals surface area (Å²) in [5, 5.41) is 16.0. The van der Waals surface area contributed by atoms with Crippen LogP contribution in [0.5, 0.6) is 0 Å². The standard InChI is InChI=1S/C26H27F2N3O2/c1-16(19-7-17(9-25(32)33)8-21(27)10-19)13-31-26(18-5-3-2-4-6-18)20-11-23-24(29-14-20)12-22(28)15-30-23/h2-8,10,12,15-16,20,26,29,31H,9,11,13-14H2,1H3,(H,32,33)/t16-,20+,26+/m0/s1. The van der Waals surface area contributed by atoms with Crippen molar-refractivity contribution >= 4 is 11.7 Å². The highest BCUT2D eigenvalue weighted by molar-refractivity contribution is 5.70. The highest BCUT2D eigenvalue weighted by Gasteiger charge is 2.28. The van der Waals surface area contributed by atoms with Crippen LogP contribution in [0.3, 0.4) is 0 Å². The molecular weight excluding hydrogens is 424 g/mol. The molecule has 1 aliphatic rings. The lowest BCUT2D eigenvalue weighted by molar-refractivity contribution is -0.136. The molecule has 7 heteroatoms. The van der Waals surface area contributed by atoms with Crippen LogP contribution in [-0.4, -0.2) is 29.1 Å². The van der Waals surface area contributed by atoms with Gasteiger partial charge in [-0.05, 0) is 41.2 Å². The maximum Gasteiger partial charge on any atom is 0.307 e. The third-order valence-corrected chi connectivity index (χ3v) is 6.13. The van der Waals surface area contributed by atoms with Gasteiger partial charge in [-0.25, -0.2) is 8.78 Å². The SMILES string of the molecule is C[C@@H](CN[C@H](c1ccccc1)[C@H]1CNc2cc(F)cnc2C1)c1cc(F)cc(CC(=O)O)c1. The fourth-order valence-corrected chi connectivity index (χ4v) is 4.46. The minimum atomic E-state index is -0.986. The molecular formula is C26H27F2N3O2. The highest BCUT2D eigenvalue weighted by Crippen LogP contribution is 2.32. The topological polar surface area (TPSA) is 74.2 Å². The number of aromatic nitrogens is 1. The number of carboxylic acids is 1. The normalized spacial score (nSPS) is 17.0. The lowest BCUT2D eigenvalue weighted by Crippen LogP contribution is -2.37. The van der Waals surface area contributed by atoms with Crippen molar-refractivity contribution in [2.45, 2.75) is 31.7 Å². The Morgan fingerprint density at radius 1 is 1.15 bits per heavy atom. The minimum Gasteiger partial charge on any atom is -0.481 e. The molecule has 5 nitrogen and oxygen atoms in total. The number of pyridine rings is 1. The first-order chi connectivity index (χ1) is 15.9. The van der Waals surface area contributed by atoms with Crippen LogP contribution >= 0.6 is 0 Å². The van der Waals surface area contributed by atoms with Crippen molar-refractivity contribution in [1.82, 2.24) is 10.3 Å². The number of nitrogens with one attached hydrogen (secondary N) is 2.